The van der Waals surface area contributed by atoms with Crippen LogP contribution in [0.4, 0.5) is 11.4 Å². The largest absolute Gasteiger partial charge is 0.375 e. The number of hydrogen-bond donors (Lipinski definition) is 3. The van der Waals surface area contributed by atoms with Gasteiger partial charge in [-0.1, -0.05) is 34.1 Å². The van der Waals surface area contributed by atoms with Gasteiger partial charge in [0.25, 0.3) is 5.91 Å². The highest BCUT2D eigenvalue weighted by molar-refractivity contribution is 9.10. The van der Waals surface area contributed by atoms with Crippen LogP contribution in [0.5, 0.6) is 0 Å². The summed E-state index contributed by atoms with van der Waals surface area (Å²) in [5, 5.41) is 16.4. The second kappa shape index (κ2) is 8.20. The number of anilines is 2. The van der Waals surface area contributed by atoms with Gasteiger partial charge in [-0.15, -0.1) is 0 Å². The number of aliphatic hydroxyl groups is 1. The topological polar surface area (TPSA) is 98.7 Å². The fourth-order valence-corrected chi connectivity index (χ4v) is 4.37. The molecule has 3 N–H and O–H groups in total. The average Bonchev–Trinajstić information content (AvgIpc) is 3.15. The van der Waals surface area contributed by atoms with Crippen molar-refractivity contribution in [2.75, 3.05) is 23.3 Å². The fourth-order valence-electron chi connectivity index (χ4n) is 4.01. The second-order valence-electron chi connectivity index (χ2n) is 7.56. The van der Waals surface area contributed by atoms with Crippen LogP contribution >= 0.6 is 15.9 Å². The van der Waals surface area contributed by atoms with E-state index in [2.05, 4.69) is 26.6 Å². The van der Waals surface area contributed by atoms with Gasteiger partial charge in [-0.2, -0.15) is 0 Å². The predicted molar refractivity (Wildman–Crippen MR) is 116 cm³/mol. The van der Waals surface area contributed by atoms with Crippen molar-refractivity contribution in [1.82, 2.24) is 5.32 Å². The van der Waals surface area contributed by atoms with Crippen molar-refractivity contribution in [1.29, 1.82) is 0 Å². The predicted octanol–water partition coefficient (Wildman–Crippen LogP) is 2.46. The first-order valence-electron chi connectivity index (χ1n) is 9.87. The van der Waals surface area contributed by atoms with Gasteiger partial charge in [0.1, 0.15) is 0 Å². The molecule has 0 aromatic heterocycles. The molecule has 2 aromatic carbocycles. The summed E-state index contributed by atoms with van der Waals surface area (Å²) >= 11 is 3.33. The van der Waals surface area contributed by atoms with Crippen molar-refractivity contribution in [3.63, 3.8) is 0 Å². The first-order chi connectivity index (χ1) is 14.4. The highest BCUT2D eigenvalue weighted by Gasteiger charge is 2.44. The Kier molecular flexibility index (Phi) is 5.62. The quantitative estimate of drug-likeness (QED) is 0.583. The summed E-state index contributed by atoms with van der Waals surface area (Å²) in [7, 11) is 0. The highest BCUT2D eigenvalue weighted by atomic mass is 79.9. The molecule has 0 saturated carbocycles. The third kappa shape index (κ3) is 3.85. The molecule has 1 atom stereocenters. The lowest BCUT2D eigenvalue weighted by molar-refractivity contribution is -0.146. The standard InChI is InChI=1S/C22H22BrN3O4/c23-15-7-8-17-16(12-15)22(30,13-19(27)25-17)21(29)24-10-3-6-20(28)26-11-9-14-4-1-2-5-18(14)26/h1-2,4-5,7-8,12,30H,3,6,9-11,13H2,(H,24,29)(H,25,27). The minimum Gasteiger partial charge on any atom is -0.375 e. The number of amides is 3. The molecule has 3 amide bonds. The first kappa shape index (κ1) is 20.6. The summed E-state index contributed by atoms with van der Waals surface area (Å²) in [6.45, 7) is 0.901. The maximum absolute atomic E-state index is 12.8. The zero-order valence-electron chi connectivity index (χ0n) is 16.3. The van der Waals surface area contributed by atoms with E-state index in [1.54, 1.807) is 23.1 Å². The summed E-state index contributed by atoms with van der Waals surface area (Å²) in [4.78, 5) is 39.1. The van der Waals surface area contributed by atoms with Gasteiger partial charge in [0.15, 0.2) is 5.60 Å². The number of rotatable bonds is 5. The number of para-hydroxylation sites is 1. The van der Waals surface area contributed by atoms with Crippen molar-refractivity contribution >= 4 is 45.0 Å². The highest BCUT2D eigenvalue weighted by Crippen LogP contribution is 2.37. The Balaban J connectivity index is 1.35. The third-order valence-electron chi connectivity index (χ3n) is 5.53. The maximum atomic E-state index is 12.8. The van der Waals surface area contributed by atoms with Gasteiger partial charge in [0, 0.05) is 40.9 Å². The Morgan fingerprint density at radius 1 is 1.23 bits per heavy atom. The number of carbonyl (C=O) groups is 3. The Hall–Kier alpha value is -2.71. The van der Waals surface area contributed by atoms with Crippen LogP contribution < -0.4 is 15.5 Å². The van der Waals surface area contributed by atoms with Gasteiger partial charge in [0.2, 0.25) is 11.8 Å². The molecule has 30 heavy (non-hydrogen) atoms. The third-order valence-corrected chi connectivity index (χ3v) is 6.03. The van der Waals surface area contributed by atoms with Crippen molar-refractivity contribution in [3.8, 4) is 0 Å². The van der Waals surface area contributed by atoms with Crippen LogP contribution in [-0.4, -0.2) is 35.9 Å². The molecule has 0 spiro atoms. The van der Waals surface area contributed by atoms with Crippen LogP contribution in [-0.2, 0) is 26.4 Å². The molecule has 2 aliphatic heterocycles. The summed E-state index contributed by atoms with van der Waals surface area (Å²) in [6, 6.07) is 12.9. The molecule has 0 aliphatic carbocycles. The van der Waals surface area contributed by atoms with E-state index in [9.17, 15) is 19.5 Å². The van der Waals surface area contributed by atoms with E-state index >= 15 is 0 Å². The van der Waals surface area contributed by atoms with Crippen LogP contribution in [0.25, 0.3) is 0 Å². The molecule has 0 bridgehead atoms. The normalized spacial score (nSPS) is 19.7. The van der Waals surface area contributed by atoms with E-state index in [4.69, 9.17) is 0 Å². The second-order valence-corrected chi connectivity index (χ2v) is 8.47. The van der Waals surface area contributed by atoms with Gasteiger partial charge in [0.05, 0.1) is 6.42 Å². The van der Waals surface area contributed by atoms with E-state index in [0.29, 0.717) is 28.7 Å². The molecule has 7 nitrogen and oxygen atoms in total. The van der Waals surface area contributed by atoms with Crippen LogP contribution in [0.15, 0.2) is 46.9 Å². The van der Waals surface area contributed by atoms with Crippen LogP contribution in [0.3, 0.4) is 0 Å². The molecule has 1 unspecified atom stereocenters. The summed E-state index contributed by atoms with van der Waals surface area (Å²) in [5.41, 5.74) is 0.936. The number of nitrogens with zero attached hydrogens (tertiary/aromatic N) is 1. The number of nitrogens with one attached hydrogen (secondary N) is 2. The Morgan fingerprint density at radius 3 is 2.87 bits per heavy atom. The minimum absolute atomic E-state index is 0.0132. The van der Waals surface area contributed by atoms with Crippen LogP contribution in [0.2, 0.25) is 0 Å². The Morgan fingerprint density at radius 2 is 2.03 bits per heavy atom. The van der Waals surface area contributed by atoms with Gasteiger partial charge >= 0.3 is 0 Å². The zero-order valence-corrected chi connectivity index (χ0v) is 17.9. The van der Waals surface area contributed by atoms with Crippen molar-refractivity contribution in [2.24, 2.45) is 0 Å². The molecule has 4 rings (SSSR count). The summed E-state index contributed by atoms with van der Waals surface area (Å²) in [5.74, 6) is -1.06. The van der Waals surface area contributed by atoms with Gasteiger partial charge < -0.3 is 20.6 Å². The smallest absolute Gasteiger partial charge is 0.257 e. The molecule has 0 saturated heterocycles. The molecule has 2 aromatic rings. The fraction of sp³-hybridized carbons (Fsp3) is 0.318. The van der Waals surface area contributed by atoms with E-state index in [1.165, 1.54) is 5.56 Å². The number of fused-ring (bicyclic) bond motifs is 2. The van der Waals surface area contributed by atoms with Gasteiger partial charge in [-0.05, 0) is 42.7 Å². The lowest BCUT2D eigenvalue weighted by Gasteiger charge is -2.33. The SMILES string of the molecule is O=C1CC(O)(C(=O)NCCCC(=O)N2CCc3ccccc32)c2cc(Br)ccc2N1. The zero-order chi connectivity index (χ0) is 21.3. The molecule has 8 heteroatoms. The van der Waals surface area contributed by atoms with E-state index < -0.39 is 17.4 Å². The monoisotopic (exact) mass is 471 g/mol. The van der Waals surface area contributed by atoms with E-state index in [-0.39, 0.29) is 25.3 Å². The molecule has 156 valence electrons. The lowest BCUT2D eigenvalue weighted by Crippen LogP contribution is -2.49. The number of benzene rings is 2. The Labute approximate surface area is 182 Å². The molecule has 0 fully saturated rings. The van der Waals surface area contributed by atoms with Crippen molar-refractivity contribution in [2.45, 2.75) is 31.3 Å². The van der Waals surface area contributed by atoms with Crippen molar-refractivity contribution in [3.05, 3.63) is 58.1 Å². The van der Waals surface area contributed by atoms with E-state index in [1.807, 2.05) is 24.3 Å². The maximum Gasteiger partial charge on any atom is 0.257 e. The summed E-state index contributed by atoms with van der Waals surface area (Å²) in [6.07, 6.45) is 1.22. The van der Waals surface area contributed by atoms with Gasteiger partial charge in [-0.25, -0.2) is 0 Å². The first-order valence-corrected chi connectivity index (χ1v) is 10.7. The molecular formula is C22H22BrN3O4. The molecule has 2 aliphatic rings. The minimum atomic E-state index is -1.95. The number of hydrogen-bond acceptors (Lipinski definition) is 4. The van der Waals surface area contributed by atoms with Crippen LogP contribution in [0, 0.1) is 0 Å². The average molecular weight is 472 g/mol. The van der Waals surface area contributed by atoms with Crippen LogP contribution in [0.1, 0.15) is 30.4 Å². The molecule has 0 radical (unpaired) electrons. The summed E-state index contributed by atoms with van der Waals surface area (Å²) < 4.78 is 0.695. The lowest BCUT2D eigenvalue weighted by atomic mass is 9.85. The number of halogens is 1. The number of carbonyl (C=O) groups excluding carboxylic acids is 3. The van der Waals surface area contributed by atoms with Gasteiger partial charge in [-0.3, -0.25) is 14.4 Å². The van der Waals surface area contributed by atoms with Crippen molar-refractivity contribution < 1.29 is 19.5 Å². The molecular weight excluding hydrogens is 450 g/mol. The Bertz CT molecular complexity index is 1030. The molecule has 2 heterocycles. The van der Waals surface area contributed by atoms with E-state index in [0.717, 1.165) is 12.1 Å².